The van der Waals surface area contributed by atoms with Gasteiger partial charge in [-0.15, -0.1) is 0 Å². The Hall–Kier alpha value is -1.07. The van der Waals surface area contributed by atoms with Crippen LogP contribution in [0.2, 0.25) is 0 Å². The Morgan fingerprint density at radius 2 is 2.00 bits per heavy atom. The SMILES string of the molecule is COc1c2ccc(F)c1-2.O[B]O. The lowest BCUT2D eigenvalue weighted by molar-refractivity contribution is 0.429. The molecule has 0 fully saturated rings. The molecule has 2 aliphatic rings. The summed E-state index contributed by atoms with van der Waals surface area (Å²) in [6, 6.07) is 3.18. The second-order valence-corrected chi connectivity index (χ2v) is 2.12. The molecule has 0 bridgehead atoms. The van der Waals surface area contributed by atoms with Crippen LogP contribution < -0.4 is 4.74 Å². The number of methoxy groups -OCH3 is 1. The molecule has 5 heteroatoms. The van der Waals surface area contributed by atoms with Gasteiger partial charge in [-0.3, -0.25) is 0 Å². The lowest BCUT2D eigenvalue weighted by Crippen LogP contribution is -1.75. The second-order valence-electron chi connectivity index (χ2n) is 2.12. The van der Waals surface area contributed by atoms with Crippen LogP contribution in [-0.4, -0.2) is 24.8 Å². The summed E-state index contributed by atoms with van der Waals surface area (Å²) in [4.78, 5) is 0. The molecular weight excluding hydrogens is 162 g/mol. The van der Waals surface area contributed by atoms with Gasteiger partial charge in [-0.25, -0.2) is 4.39 Å². The van der Waals surface area contributed by atoms with E-state index in [0.717, 1.165) is 11.3 Å². The Labute approximate surface area is 69.7 Å². The number of halogens is 1. The summed E-state index contributed by atoms with van der Waals surface area (Å²) in [6.45, 7) is 0. The summed E-state index contributed by atoms with van der Waals surface area (Å²) < 4.78 is 17.3. The Morgan fingerprint density at radius 3 is 2.25 bits per heavy atom. The number of rotatable bonds is 1. The summed E-state index contributed by atoms with van der Waals surface area (Å²) in [5.41, 5.74) is 1.59. The maximum Gasteiger partial charge on any atom is 0.482 e. The van der Waals surface area contributed by atoms with Crippen molar-refractivity contribution in [1.29, 1.82) is 0 Å². The molecule has 2 rings (SSSR count). The zero-order valence-electron chi connectivity index (χ0n) is 6.41. The van der Waals surface area contributed by atoms with Crippen molar-refractivity contribution in [3.63, 3.8) is 0 Å². The van der Waals surface area contributed by atoms with Gasteiger partial charge in [0, 0.05) is 5.56 Å². The van der Waals surface area contributed by atoms with Gasteiger partial charge in [0.05, 0.1) is 12.7 Å². The van der Waals surface area contributed by atoms with Gasteiger partial charge in [0.1, 0.15) is 11.6 Å². The van der Waals surface area contributed by atoms with E-state index < -0.39 is 0 Å². The van der Waals surface area contributed by atoms with Crippen LogP contribution >= 0.6 is 0 Å². The van der Waals surface area contributed by atoms with E-state index >= 15 is 0 Å². The standard InChI is InChI=1S/C7H5FO.BH2O2/c1-9-7-4-2-3-5(8)6(4)7;2-1-3/h2-3H,1H3;2-3H. The third-order valence-electron chi connectivity index (χ3n) is 1.52. The predicted molar refractivity (Wildman–Crippen MR) is 42.1 cm³/mol. The third-order valence-corrected chi connectivity index (χ3v) is 1.52. The van der Waals surface area contributed by atoms with Gasteiger partial charge >= 0.3 is 7.69 Å². The Balaban J connectivity index is 0.000000213. The van der Waals surface area contributed by atoms with Crippen molar-refractivity contribution < 1.29 is 19.2 Å². The van der Waals surface area contributed by atoms with Gasteiger partial charge in [0.25, 0.3) is 0 Å². The number of ether oxygens (including phenoxy) is 1. The first kappa shape index (κ1) is 9.03. The molecular formula is C7H7BFO3. The van der Waals surface area contributed by atoms with Crippen molar-refractivity contribution in [3.05, 3.63) is 17.9 Å². The minimum Gasteiger partial charge on any atom is -0.495 e. The number of benzene rings is 1. The lowest BCUT2D eigenvalue weighted by atomic mass is 10.5. The molecule has 0 unspecified atom stereocenters. The van der Waals surface area contributed by atoms with Crippen LogP contribution in [0.1, 0.15) is 0 Å². The molecule has 0 heterocycles. The first-order chi connectivity index (χ1) is 5.76. The molecule has 0 saturated carbocycles. The maximum absolute atomic E-state index is 12.5. The fraction of sp³-hybridized carbons (Fsp3) is 0.143. The fourth-order valence-corrected chi connectivity index (χ4v) is 1.03. The Bertz CT molecular complexity index is 290. The van der Waals surface area contributed by atoms with Crippen molar-refractivity contribution >= 4 is 7.69 Å². The fourth-order valence-electron chi connectivity index (χ4n) is 1.03. The molecule has 0 aromatic rings. The van der Waals surface area contributed by atoms with E-state index in [1.807, 2.05) is 0 Å². The molecule has 0 aliphatic heterocycles. The molecule has 12 heavy (non-hydrogen) atoms. The minimum atomic E-state index is -0.165. The van der Waals surface area contributed by atoms with Crippen LogP contribution in [0.15, 0.2) is 12.1 Å². The molecule has 0 amide bonds. The predicted octanol–water partition coefficient (Wildman–Crippen LogP) is 0.320. The van der Waals surface area contributed by atoms with Crippen LogP contribution in [0.4, 0.5) is 4.39 Å². The molecule has 2 N–H and O–H groups in total. The molecule has 63 valence electrons. The molecule has 0 aromatic heterocycles. The maximum atomic E-state index is 12.5. The van der Waals surface area contributed by atoms with Crippen molar-refractivity contribution in [3.8, 4) is 16.9 Å². The van der Waals surface area contributed by atoms with Crippen LogP contribution in [0.5, 0.6) is 5.75 Å². The van der Waals surface area contributed by atoms with E-state index in [9.17, 15) is 4.39 Å². The Morgan fingerprint density at radius 1 is 1.42 bits per heavy atom. The van der Waals surface area contributed by atoms with E-state index in [0.29, 0.717) is 5.56 Å². The average molecular weight is 169 g/mol. The minimum absolute atomic E-state index is 0. The molecule has 0 saturated heterocycles. The van der Waals surface area contributed by atoms with Gasteiger partial charge in [-0.1, -0.05) is 0 Å². The van der Waals surface area contributed by atoms with Crippen molar-refractivity contribution in [2.45, 2.75) is 0 Å². The van der Waals surface area contributed by atoms with E-state index in [4.69, 9.17) is 14.8 Å². The molecule has 2 aliphatic carbocycles. The molecule has 0 spiro atoms. The number of fused-ring (bicyclic) bond motifs is 1. The summed E-state index contributed by atoms with van der Waals surface area (Å²) >= 11 is 0. The van der Waals surface area contributed by atoms with Crippen molar-refractivity contribution in [2.75, 3.05) is 7.11 Å². The van der Waals surface area contributed by atoms with Gasteiger partial charge in [-0.2, -0.15) is 0 Å². The molecule has 0 aromatic carbocycles. The first-order valence-electron chi connectivity index (χ1n) is 3.23. The average Bonchev–Trinajstić information content (AvgIpc) is 2.64. The van der Waals surface area contributed by atoms with Crippen LogP contribution in [-0.2, 0) is 0 Å². The molecule has 0 atom stereocenters. The van der Waals surface area contributed by atoms with Gasteiger partial charge in [0.15, 0.2) is 0 Å². The van der Waals surface area contributed by atoms with Crippen molar-refractivity contribution in [2.24, 2.45) is 0 Å². The smallest absolute Gasteiger partial charge is 0.482 e. The van der Waals surface area contributed by atoms with Gasteiger partial charge in [0.2, 0.25) is 0 Å². The van der Waals surface area contributed by atoms with Crippen LogP contribution in [0.3, 0.4) is 0 Å². The van der Waals surface area contributed by atoms with E-state index in [-0.39, 0.29) is 13.5 Å². The zero-order chi connectivity index (χ0) is 9.14. The largest absolute Gasteiger partial charge is 0.495 e. The molecule has 3 nitrogen and oxygen atoms in total. The highest BCUT2D eigenvalue weighted by Crippen LogP contribution is 2.52. The highest BCUT2D eigenvalue weighted by molar-refractivity contribution is 6.13. The van der Waals surface area contributed by atoms with Gasteiger partial charge in [-0.05, 0) is 12.1 Å². The third kappa shape index (κ3) is 1.42. The number of hydrogen-bond donors (Lipinski definition) is 2. The summed E-state index contributed by atoms with van der Waals surface area (Å²) in [5, 5.41) is 14.0. The van der Waals surface area contributed by atoms with Crippen molar-refractivity contribution in [1.82, 2.24) is 0 Å². The van der Waals surface area contributed by atoms with E-state index in [1.165, 1.54) is 6.07 Å². The van der Waals surface area contributed by atoms with Crippen LogP contribution in [0, 0.1) is 5.82 Å². The second kappa shape index (κ2) is 3.56. The highest BCUT2D eigenvalue weighted by atomic mass is 19.1. The number of hydrogen-bond acceptors (Lipinski definition) is 3. The van der Waals surface area contributed by atoms with Crippen LogP contribution in [0.25, 0.3) is 11.1 Å². The summed E-state index contributed by atoms with van der Waals surface area (Å²) in [7, 11) is 1.55. The van der Waals surface area contributed by atoms with Gasteiger partial charge < -0.3 is 14.8 Å². The lowest BCUT2D eigenvalue weighted by Gasteiger charge is -1.81. The molecule has 1 radical (unpaired) electrons. The quantitative estimate of drug-likeness (QED) is 0.604. The highest BCUT2D eigenvalue weighted by Gasteiger charge is 2.29. The van der Waals surface area contributed by atoms with E-state index in [2.05, 4.69) is 0 Å². The van der Waals surface area contributed by atoms with E-state index in [1.54, 1.807) is 13.2 Å². The Kier molecular flexibility index (Phi) is 2.67. The normalized spacial score (nSPS) is 9.67. The first-order valence-corrected chi connectivity index (χ1v) is 3.23. The topological polar surface area (TPSA) is 49.7 Å². The zero-order valence-corrected chi connectivity index (χ0v) is 6.41. The summed E-state index contributed by atoms with van der Waals surface area (Å²) in [6.07, 6.45) is 0. The summed E-state index contributed by atoms with van der Waals surface area (Å²) in [5.74, 6) is 0.553. The monoisotopic (exact) mass is 169 g/mol.